The molecule has 0 spiro atoms. The van der Waals surface area contributed by atoms with Crippen LogP contribution in [0.4, 0.5) is 0 Å². The number of carbonyl (C=O) groups is 3. The SMILES string of the molecule is NC(=O)C1CCCN1C(=O)C(N)CCC(=O)O. The normalized spacial score (nSPS) is 21.2. The van der Waals surface area contributed by atoms with Crippen molar-refractivity contribution in [3.8, 4) is 0 Å². The number of primary amides is 1. The fourth-order valence-corrected chi connectivity index (χ4v) is 1.94. The van der Waals surface area contributed by atoms with Gasteiger partial charge in [-0.1, -0.05) is 0 Å². The van der Waals surface area contributed by atoms with Crippen LogP contribution in [0, 0.1) is 0 Å². The van der Waals surface area contributed by atoms with E-state index in [-0.39, 0.29) is 12.8 Å². The van der Waals surface area contributed by atoms with Crippen molar-refractivity contribution in [1.82, 2.24) is 4.90 Å². The Balaban J connectivity index is 2.56. The van der Waals surface area contributed by atoms with Gasteiger partial charge in [-0.3, -0.25) is 14.4 Å². The van der Waals surface area contributed by atoms with Crippen molar-refractivity contribution < 1.29 is 19.5 Å². The van der Waals surface area contributed by atoms with Crippen molar-refractivity contribution in [2.75, 3.05) is 6.54 Å². The second-order valence-electron chi connectivity index (χ2n) is 4.13. The highest BCUT2D eigenvalue weighted by atomic mass is 16.4. The molecule has 0 aromatic heterocycles. The topological polar surface area (TPSA) is 127 Å². The van der Waals surface area contributed by atoms with E-state index >= 15 is 0 Å². The van der Waals surface area contributed by atoms with Crippen LogP contribution < -0.4 is 11.5 Å². The highest BCUT2D eigenvalue weighted by Crippen LogP contribution is 2.18. The van der Waals surface area contributed by atoms with Gasteiger partial charge < -0.3 is 21.5 Å². The first-order valence-corrected chi connectivity index (χ1v) is 5.50. The highest BCUT2D eigenvalue weighted by molar-refractivity contribution is 5.89. The van der Waals surface area contributed by atoms with E-state index in [2.05, 4.69) is 0 Å². The minimum Gasteiger partial charge on any atom is -0.481 e. The third-order valence-electron chi connectivity index (χ3n) is 2.85. The van der Waals surface area contributed by atoms with E-state index in [1.165, 1.54) is 4.90 Å². The molecular formula is C10H17N3O4. The first-order chi connectivity index (χ1) is 7.93. The third-order valence-corrected chi connectivity index (χ3v) is 2.85. The van der Waals surface area contributed by atoms with Crippen LogP contribution in [-0.2, 0) is 14.4 Å². The Morgan fingerprint density at radius 1 is 1.41 bits per heavy atom. The molecule has 1 saturated heterocycles. The van der Waals surface area contributed by atoms with Gasteiger partial charge in [-0.05, 0) is 19.3 Å². The van der Waals surface area contributed by atoms with Gasteiger partial charge in [-0.2, -0.15) is 0 Å². The maximum Gasteiger partial charge on any atom is 0.303 e. The van der Waals surface area contributed by atoms with E-state index in [0.29, 0.717) is 19.4 Å². The summed E-state index contributed by atoms with van der Waals surface area (Å²) in [6.07, 6.45) is 1.16. The van der Waals surface area contributed by atoms with Gasteiger partial charge in [-0.15, -0.1) is 0 Å². The average molecular weight is 243 g/mol. The second kappa shape index (κ2) is 5.62. The van der Waals surface area contributed by atoms with Crippen molar-refractivity contribution >= 4 is 17.8 Å². The summed E-state index contributed by atoms with van der Waals surface area (Å²) in [4.78, 5) is 34.7. The van der Waals surface area contributed by atoms with E-state index < -0.39 is 29.9 Å². The highest BCUT2D eigenvalue weighted by Gasteiger charge is 2.34. The number of carboxylic acid groups (broad SMARTS) is 1. The Labute approximate surface area is 98.7 Å². The van der Waals surface area contributed by atoms with Gasteiger partial charge in [0.2, 0.25) is 11.8 Å². The minimum atomic E-state index is -0.999. The molecule has 0 bridgehead atoms. The molecule has 0 radical (unpaired) electrons. The van der Waals surface area contributed by atoms with Crippen LogP contribution in [0.5, 0.6) is 0 Å². The molecule has 1 heterocycles. The molecule has 1 rings (SSSR count). The molecule has 1 fully saturated rings. The zero-order chi connectivity index (χ0) is 13.0. The summed E-state index contributed by atoms with van der Waals surface area (Å²) in [5.74, 6) is -1.94. The maximum atomic E-state index is 11.9. The number of likely N-dealkylation sites (tertiary alicyclic amines) is 1. The summed E-state index contributed by atoms with van der Waals surface area (Å²) in [7, 11) is 0. The number of hydrogen-bond acceptors (Lipinski definition) is 4. The Morgan fingerprint density at radius 2 is 2.06 bits per heavy atom. The predicted octanol–water partition coefficient (Wildman–Crippen LogP) is -1.35. The van der Waals surface area contributed by atoms with E-state index in [1.54, 1.807) is 0 Å². The zero-order valence-electron chi connectivity index (χ0n) is 9.46. The molecule has 5 N–H and O–H groups in total. The summed E-state index contributed by atoms with van der Waals surface area (Å²) < 4.78 is 0. The lowest BCUT2D eigenvalue weighted by Gasteiger charge is -2.25. The number of rotatable bonds is 5. The van der Waals surface area contributed by atoms with Gasteiger partial charge in [-0.25, -0.2) is 0 Å². The summed E-state index contributed by atoms with van der Waals surface area (Å²) >= 11 is 0. The fraction of sp³-hybridized carbons (Fsp3) is 0.700. The molecular weight excluding hydrogens is 226 g/mol. The maximum absolute atomic E-state index is 11.9. The first kappa shape index (κ1) is 13.4. The van der Waals surface area contributed by atoms with Gasteiger partial charge >= 0.3 is 5.97 Å². The summed E-state index contributed by atoms with van der Waals surface area (Å²) in [6, 6.07) is -1.48. The van der Waals surface area contributed by atoms with Crippen molar-refractivity contribution in [3.05, 3.63) is 0 Å². The van der Waals surface area contributed by atoms with Gasteiger partial charge in [0.15, 0.2) is 0 Å². The van der Waals surface area contributed by atoms with E-state index in [1.807, 2.05) is 0 Å². The summed E-state index contributed by atoms with van der Waals surface area (Å²) in [5, 5.41) is 8.50. The van der Waals surface area contributed by atoms with Gasteiger partial charge in [0, 0.05) is 13.0 Å². The lowest BCUT2D eigenvalue weighted by atomic mass is 10.1. The summed E-state index contributed by atoms with van der Waals surface area (Å²) in [5.41, 5.74) is 10.8. The molecule has 2 unspecified atom stereocenters. The van der Waals surface area contributed by atoms with Crippen LogP contribution in [0.15, 0.2) is 0 Å². The lowest BCUT2D eigenvalue weighted by Crippen LogP contribution is -2.50. The van der Waals surface area contributed by atoms with E-state index in [0.717, 1.165) is 0 Å². The Morgan fingerprint density at radius 3 is 2.59 bits per heavy atom. The van der Waals surface area contributed by atoms with Crippen molar-refractivity contribution in [2.24, 2.45) is 11.5 Å². The van der Waals surface area contributed by atoms with Crippen molar-refractivity contribution in [1.29, 1.82) is 0 Å². The number of hydrogen-bond donors (Lipinski definition) is 3. The number of carboxylic acids is 1. The number of nitrogens with two attached hydrogens (primary N) is 2. The Hall–Kier alpha value is -1.63. The van der Waals surface area contributed by atoms with Gasteiger partial charge in [0.05, 0.1) is 6.04 Å². The molecule has 0 saturated carbocycles. The fourth-order valence-electron chi connectivity index (χ4n) is 1.94. The van der Waals surface area contributed by atoms with Gasteiger partial charge in [0.25, 0.3) is 0 Å². The van der Waals surface area contributed by atoms with Gasteiger partial charge in [0.1, 0.15) is 6.04 Å². The molecule has 0 aliphatic carbocycles. The quantitative estimate of drug-likeness (QED) is 0.550. The minimum absolute atomic E-state index is 0.0656. The molecule has 2 amide bonds. The molecule has 1 aliphatic rings. The molecule has 2 atom stereocenters. The van der Waals surface area contributed by atoms with Crippen LogP contribution in [-0.4, -0.2) is 46.4 Å². The van der Waals surface area contributed by atoms with Crippen LogP contribution in [0.2, 0.25) is 0 Å². The van der Waals surface area contributed by atoms with Crippen LogP contribution in [0.25, 0.3) is 0 Å². The smallest absolute Gasteiger partial charge is 0.303 e. The Bertz CT molecular complexity index is 332. The monoisotopic (exact) mass is 243 g/mol. The third kappa shape index (κ3) is 3.42. The van der Waals surface area contributed by atoms with Crippen LogP contribution in [0.3, 0.4) is 0 Å². The van der Waals surface area contributed by atoms with Crippen molar-refractivity contribution in [3.63, 3.8) is 0 Å². The van der Waals surface area contributed by atoms with E-state index in [9.17, 15) is 14.4 Å². The second-order valence-corrected chi connectivity index (χ2v) is 4.13. The van der Waals surface area contributed by atoms with Crippen LogP contribution in [0.1, 0.15) is 25.7 Å². The average Bonchev–Trinajstić information content (AvgIpc) is 2.73. The molecule has 1 aliphatic heterocycles. The Kier molecular flexibility index (Phi) is 4.45. The first-order valence-electron chi connectivity index (χ1n) is 5.50. The zero-order valence-corrected chi connectivity index (χ0v) is 9.46. The number of aliphatic carboxylic acids is 1. The molecule has 0 aromatic carbocycles. The van der Waals surface area contributed by atoms with Crippen LogP contribution >= 0.6 is 0 Å². The standard InChI is InChI=1S/C10H17N3O4/c11-6(3-4-8(14)15)10(17)13-5-1-2-7(13)9(12)16/h6-7H,1-5,11H2,(H2,12,16)(H,14,15). The molecule has 17 heavy (non-hydrogen) atoms. The largest absolute Gasteiger partial charge is 0.481 e. The molecule has 7 nitrogen and oxygen atoms in total. The molecule has 7 heteroatoms. The van der Waals surface area contributed by atoms with E-state index in [4.69, 9.17) is 16.6 Å². The molecule has 0 aromatic rings. The lowest BCUT2D eigenvalue weighted by molar-refractivity contribution is -0.140. The van der Waals surface area contributed by atoms with Crippen molar-refractivity contribution in [2.45, 2.75) is 37.8 Å². The number of nitrogens with zero attached hydrogens (tertiary/aromatic N) is 1. The molecule has 96 valence electrons. The number of carbonyl (C=O) groups excluding carboxylic acids is 2. The predicted molar refractivity (Wildman–Crippen MR) is 58.8 cm³/mol. The number of amides is 2. The summed E-state index contributed by atoms with van der Waals surface area (Å²) in [6.45, 7) is 0.452.